The largest absolute Gasteiger partial charge is 0.508 e. The molecule has 0 aliphatic carbocycles. The van der Waals surface area contributed by atoms with Crippen LogP contribution in [0.1, 0.15) is 5.56 Å². The van der Waals surface area contributed by atoms with Crippen molar-refractivity contribution in [3.63, 3.8) is 0 Å². The summed E-state index contributed by atoms with van der Waals surface area (Å²) in [6.07, 6.45) is -5.28. The lowest BCUT2D eigenvalue weighted by atomic mass is 10.0. The zero-order valence-corrected chi connectivity index (χ0v) is 9.90. The summed E-state index contributed by atoms with van der Waals surface area (Å²) in [5.41, 5.74) is -3.85. The lowest BCUT2D eigenvalue weighted by Gasteiger charge is -2.12. The number of benzene rings is 2. The van der Waals surface area contributed by atoms with Gasteiger partial charge < -0.3 is 5.11 Å². The van der Waals surface area contributed by atoms with Crippen LogP contribution in [0.3, 0.4) is 0 Å². The molecule has 1 N–H and O–H groups in total. The lowest BCUT2D eigenvalue weighted by molar-refractivity contribution is -0.142. The Hall–Kier alpha value is -2.25. The molecule has 0 aliphatic heterocycles. The molecule has 2 aromatic rings. The minimum atomic E-state index is -5.28. The molecule has 0 fully saturated rings. The molecule has 0 amide bonds. The van der Waals surface area contributed by atoms with Gasteiger partial charge in [0.2, 0.25) is 0 Å². The maximum absolute atomic E-state index is 13.5. The summed E-state index contributed by atoms with van der Waals surface area (Å²) in [6.45, 7) is 0. The van der Waals surface area contributed by atoms with Gasteiger partial charge in [-0.25, -0.2) is 17.6 Å². The third kappa shape index (κ3) is 2.79. The minimum absolute atomic E-state index is 0.171. The highest BCUT2D eigenvalue weighted by Crippen LogP contribution is 2.37. The Kier molecular flexibility index (Phi) is 3.56. The van der Waals surface area contributed by atoms with Crippen LogP contribution in [0.25, 0.3) is 11.1 Å². The van der Waals surface area contributed by atoms with Gasteiger partial charge in [0, 0.05) is 12.1 Å². The molecule has 0 saturated heterocycles. The van der Waals surface area contributed by atoms with Crippen molar-refractivity contribution in [1.82, 2.24) is 0 Å². The molecule has 0 aromatic heterocycles. The Morgan fingerprint density at radius 1 is 0.714 bits per heavy atom. The first kappa shape index (κ1) is 15.1. The predicted octanol–water partition coefficient (Wildman–Crippen LogP) is 4.63. The van der Waals surface area contributed by atoms with Gasteiger partial charge in [-0.3, -0.25) is 0 Å². The predicted molar refractivity (Wildman–Crippen MR) is 58.4 cm³/mol. The first-order chi connectivity index (χ1) is 9.61. The number of phenolic OH excluding ortho intramolecular Hbond substituents is 1. The maximum Gasteiger partial charge on any atom is 0.422 e. The lowest BCUT2D eigenvalue weighted by Crippen LogP contribution is -2.11. The molecule has 0 bridgehead atoms. The van der Waals surface area contributed by atoms with Crippen molar-refractivity contribution >= 4 is 0 Å². The Balaban J connectivity index is 2.69. The second kappa shape index (κ2) is 4.94. The summed E-state index contributed by atoms with van der Waals surface area (Å²) in [7, 11) is 0. The van der Waals surface area contributed by atoms with Gasteiger partial charge in [0.1, 0.15) is 34.6 Å². The van der Waals surface area contributed by atoms with Crippen molar-refractivity contribution in [1.29, 1.82) is 0 Å². The average molecular weight is 310 g/mol. The monoisotopic (exact) mass is 310 g/mol. The van der Waals surface area contributed by atoms with Crippen LogP contribution >= 0.6 is 0 Å². The number of aromatic hydroxyl groups is 1. The maximum atomic E-state index is 13.5. The number of halogens is 7. The fraction of sp³-hybridized carbons (Fsp3) is 0.0769. The minimum Gasteiger partial charge on any atom is -0.508 e. The van der Waals surface area contributed by atoms with Gasteiger partial charge in [-0.05, 0) is 17.7 Å². The van der Waals surface area contributed by atoms with Crippen LogP contribution in [-0.4, -0.2) is 5.11 Å². The van der Waals surface area contributed by atoms with Crippen LogP contribution in [0.5, 0.6) is 5.75 Å². The molecular formula is C13H5F7O. The Morgan fingerprint density at radius 3 is 1.52 bits per heavy atom. The molecule has 2 aromatic carbocycles. The van der Waals surface area contributed by atoms with Crippen molar-refractivity contribution < 1.29 is 35.8 Å². The first-order valence-electron chi connectivity index (χ1n) is 5.36. The van der Waals surface area contributed by atoms with Gasteiger partial charge >= 0.3 is 6.18 Å². The van der Waals surface area contributed by atoms with Crippen LogP contribution in [-0.2, 0) is 6.18 Å². The van der Waals surface area contributed by atoms with Gasteiger partial charge in [-0.15, -0.1) is 0 Å². The van der Waals surface area contributed by atoms with E-state index < -0.39 is 51.9 Å². The molecule has 1 nitrogen and oxygen atoms in total. The molecule has 0 saturated carbocycles. The van der Waals surface area contributed by atoms with Crippen LogP contribution in [0.2, 0.25) is 0 Å². The highest BCUT2D eigenvalue weighted by atomic mass is 19.4. The molecule has 21 heavy (non-hydrogen) atoms. The molecule has 0 radical (unpaired) electrons. The normalized spacial score (nSPS) is 11.8. The Bertz CT molecular complexity index is 660. The Labute approximate surface area is 113 Å². The average Bonchev–Trinajstić information content (AvgIpc) is 2.23. The number of rotatable bonds is 1. The highest BCUT2D eigenvalue weighted by molar-refractivity contribution is 5.66. The van der Waals surface area contributed by atoms with E-state index in [1.54, 1.807) is 0 Å². The van der Waals surface area contributed by atoms with Crippen LogP contribution in [0.4, 0.5) is 30.7 Å². The fourth-order valence-electron chi connectivity index (χ4n) is 1.82. The first-order valence-corrected chi connectivity index (χ1v) is 5.36. The van der Waals surface area contributed by atoms with Gasteiger partial charge in [-0.1, -0.05) is 0 Å². The molecule has 8 heteroatoms. The smallest absolute Gasteiger partial charge is 0.422 e. The standard InChI is InChI=1S/C13H5F7O/c14-7-3-6(21)4-8(15)11(7)5-1-9(16)12(10(17)2-5)13(18,19)20/h1-4,21H. The van der Waals surface area contributed by atoms with Crippen molar-refractivity contribution in [3.05, 3.63) is 53.1 Å². The second-order valence-corrected chi connectivity index (χ2v) is 4.10. The van der Waals surface area contributed by atoms with Crippen molar-refractivity contribution in [2.24, 2.45) is 0 Å². The van der Waals surface area contributed by atoms with Gasteiger partial charge in [0.25, 0.3) is 0 Å². The van der Waals surface area contributed by atoms with Crippen molar-refractivity contribution in [2.45, 2.75) is 6.18 Å². The van der Waals surface area contributed by atoms with Crippen molar-refractivity contribution in [2.75, 3.05) is 0 Å². The molecule has 0 spiro atoms. The molecule has 0 atom stereocenters. The van der Waals surface area contributed by atoms with Crippen LogP contribution < -0.4 is 0 Å². The topological polar surface area (TPSA) is 20.2 Å². The zero-order valence-electron chi connectivity index (χ0n) is 9.90. The van der Waals surface area contributed by atoms with E-state index in [1.807, 2.05) is 0 Å². The third-order valence-electron chi connectivity index (χ3n) is 2.64. The molecule has 2 rings (SSSR count). The van der Waals surface area contributed by atoms with Crippen LogP contribution in [0, 0.1) is 23.3 Å². The number of hydrogen-bond acceptors (Lipinski definition) is 1. The van der Waals surface area contributed by atoms with E-state index in [1.165, 1.54) is 0 Å². The quantitative estimate of drug-likeness (QED) is 0.761. The summed E-state index contributed by atoms with van der Waals surface area (Å²) in [6, 6.07) is 1.27. The van der Waals surface area contributed by atoms with Gasteiger partial charge in [0.05, 0.1) is 5.56 Å². The number of phenols is 1. The fourth-order valence-corrected chi connectivity index (χ4v) is 1.82. The van der Waals surface area contributed by atoms with E-state index in [4.69, 9.17) is 5.11 Å². The van der Waals surface area contributed by atoms with E-state index in [-0.39, 0.29) is 12.1 Å². The SMILES string of the molecule is Oc1cc(F)c(-c2cc(F)c(C(F)(F)F)c(F)c2)c(F)c1. The van der Waals surface area contributed by atoms with Crippen molar-refractivity contribution in [3.8, 4) is 16.9 Å². The summed E-state index contributed by atoms with van der Waals surface area (Å²) in [5, 5.41) is 8.95. The van der Waals surface area contributed by atoms with E-state index in [2.05, 4.69) is 0 Å². The Morgan fingerprint density at radius 2 is 1.14 bits per heavy atom. The van der Waals surface area contributed by atoms with E-state index >= 15 is 0 Å². The molecule has 0 unspecified atom stereocenters. The molecule has 0 heterocycles. The van der Waals surface area contributed by atoms with Gasteiger partial charge in [-0.2, -0.15) is 13.2 Å². The van der Waals surface area contributed by atoms with E-state index in [0.717, 1.165) is 0 Å². The zero-order chi connectivity index (χ0) is 15.9. The number of alkyl halides is 3. The summed E-state index contributed by atoms with van der Waals surface area (Å²) < 4.78 is 91.0. The second-order valence-electron chi connectivity index (χ2n) is 4.10. The van der Waals surface area contributed by atoms with Crippen LogP contribution in [0.15, 0.2) is 24.3 Å². The van der Waals surface area contributed by atoms with E-state index in [0.29, 0.717) is 12.1 Å². The summed E-state index contributed by atoms with van der Waals surface area (Å²) in [5.74, 6) is -7.51. The summed E-state index contributed by atoms with van der Waals surface area (Å²) in [4.78, 5) is 0. The highest BCUT2D eigenvalue weighted by Gasteiger charge is 2.38. The molecular weight excluding hydrogens is 305 g/mol. The van der Waals surface area contributed by atoms with Gasteiger partial charge in [0.15, 0.2) is 0 Å². The third-order valence-corrected chi connectivity index (χ3v) is 2.64. The molecule has 112 valence electrons. The summed E-state index contributed by atoms with van der Waals surface area (Å²) >= 11 is 0. The molecule has 0 aliphatic rings. The number of hydrogen-bond donors (Lipinski definition) is 1. The van der Waals surface area contributed by atoms with E-state index in [9.17, 15) is 30.7 Å².